The van der Waals surface area contributed by atoms with Crippen LogP contribution in [0.2, 0.25) is 0 Å². The van der Waals surface area contributed by atoms with Gasteiger partial charge in [-0.1, -0.05) is 12.1 Å². The summed E-state index contributed by atoms with van der Waals surface area (Å²) >= 11 is 0. The number of hydrogen-bond donors (Lipinski definition) is 1. The number of fused-ring (bicyclic) bond motifs is 1. The highest BCUT2D eigenvalue weighted by molar-refractivity contribution is 5.80. The number of rotatable bonds is 9. The molecule has 0 spiro atoms. The quantitative estimate of drug-likeness (QED) is 0.395. The van der Waals surface area contributed by atoms with Crippen molar-refractivity contribution in [3.05, 3.63) is 81.7 Å². The lowest BCUT2D eigenvalue weighted by Crippen LogP contribution is -2.29. The third kappa shape index (κ3) is 5.55. The van der Waals surface area contributed by atoms with Crippen molar-refractivity contribution in [1.29, 1.82) is 0 Å². The molecule has 0 amide bonds. The number of ether oxygens (including phenoxy) is 2. The number of halogens is 1. The predicted molar refractivity (Wildman–Crippen MR) is 127 cm³/mol. The fourth-order valence-corrected chi connectivity index (χ4v) is 4.39. The molecule has 0 bridgehead atoms. The van der Waals surface area contributed by atoms with E-state index < -0.39 is 0 Å². The number of nitrogens with one attached hydrogen (secondary N) is 1. The largest absolute Gasteiger partial charge is 0.497 e. The molecule has 2 aromatic heterocycles. The molecule has 2 aromatic carbocycles. The summed E-state index contributed by atoms with van der Waals surface area (Å²) in [5.74, 6) is 1.07. The molecule has 35 heavy (non-hydrogen) atoms. The van der Waals surface area contributed by atoms with Gasteiger partial charge in [0.15, 0.2) is 5.82 Å². The first-order chi connectivity index (χ1) is 17.1. The SMILES string of the molecule is COc1ccc2cc(CN(Cc3ccc(F)cc3)Cc3nnnn3CC3CCCO3)c(=O)[nH]c2c1. The smallest absolute Gasteiger partial charge is 0.252 e. The molecule has 4 aromatic rings. The van der Waals surface area contributed by atoms with E-state index in [1.165, 1.54) is 12.1 Å². The van der Waals surface area contributed by atoms with E-state index in [9.17, 15) is 9.18 Å². The van der Waals surface area contributed by atoms with Gasteiger partial charge >= 0.3 is 0 Å². The van der Waals surface area contributed by atoms with E-state index in [1.54, 1.807) is 30.0 Å². The molecule has 182 valence electrons. The summed E-state index contributed by atoms with van der Waals surface area (Å²) in [4.78, 5) is 18.0. The fraction of sp³-hybridized carbons (Fsp3) is 0.360. The molecule has 5 rings (SSSR count). The van der Waals surface area contributed by atoms with Crippen LogP contribution >= 0.6 is 0 Å². The van der Waals surface area contributed by atoms with Gasteiger partial charge in [0.2, 0.25) is 0 Å². The average Bonchev–Trinajstić information content (AvgIpc) is 3.53. The summed E-state index contributed by atoms with van der Waals surface area (Å²) in [5.41, 5.74) is 2.08. The Morgan fingerprint density at radius 1 is 1.17 bits per heavy atom. The maximum atomic E-state index is 13.5. The molecule has 9 nitrogen and oxygen atoms in total. The number of tetrazole rings is 1. The molecule has 10 heteroatoms. The lowest BCUT2D eigenvalue weighted by molar-refractivity contribution is 0.0914. The predicted octanol–water partition coefficient (Wildman–Crippen LogP) is 3.04. The molecule has 1 aliphatic rings. The van der Waals surface area contributed by atoms with Crippen molar-refractivity contribution in [1.82, 2.24) is 30.1 Å². The Morgan fingerprint density at radius 3 is 2.80 bits per heavy atom. The van der Waals surface area contributed by atoms with Crippen LogP contribution in [0, 0.1) is 5.82 Å². The van der Waals surface area contributed by atoms with E-state index >= 15 is 0 Å². The van der Waals surface area contributed by atoms with Crippen LogP contribution in [-0.4, -0.2) is 49.9 Å². The third-order valence-corrected chi connectivity index (χ3v) is 6.22. The first-order valence-corrected chi connectivity index (χ1v) is 11.6. The number of methoxy groups -OCH3 is 1. The zero-order valence-electron chi connectivity index (χ0n) is 19.5. The van der Waals surface area contributed by atoms with Crippen LogP contribution < -0.4 is 10.3 Å². The summed E-state index contributed by atoms with van der Waals surface area (Å²) in [7, 11) is 1.59. The molecule has 1 saturated heterocycles. The topological polar surface area (TPSA) is 98.2 Å². The van der Waals surface area contributed by atoms with E-state index in [2.05, 4.69) is 25.4 Å². The second-order valence-electron chi connectivity index (χ2n) is 8.76. The summed E-state index contributed by atoms with van der Waals surface area (Å²) in [6.07, 6.45) is 2.12. The average molecular weight is 479 g/mol. The van der Waals surface area contributed by atoms with Crippen LogP contribution in [0.4, 0.5) is 4.39 Å². The van der Waals surface area contributed by atoms with Crippen molar-refractivity contribution < 1.29 is 13.9 Å². The number of nitrogens with zero attached hydrogens (tertiary/aromatic N) is 5. The summed E-state index contributed by atoms with van der Waals surface area (Å²) < 4.78 is 26.2. The number of aromatic amines is 1. The molecule has 1 aliphatic heterocycles. The van der Waals surface area contributed by atoms with Gasteiger partial charge in [0, 0.05) is 31.3 Å². The lowest BCUT2D eigenvalue weighted by Gasteiger charge is -2.22. The molecule has 1 fully saturated rings. The molecule has 0 radical (unpaired) electrons. The maximum absolute atomic E-state index is 13.5. The number of benzene rings is 2. The van der Waals surface area contributed by atoms with Crippen molar-refractivity contribution in [2.75, 3.05) is 13.7 Å². The van der Waals surface area contributed by atoms with E-state index in [0.29, 0.717) is 48.8 Å². The summed E-state index contributed by atoms with van der Waals surface area (Å²) in [5, 5.41) is 13.2. The van der Waals surface area contributed by atoms with Gasteiger partial charge in [0.05, 0.1) is 31.8 Å². The van der Waals surface area contributed by atoms with Gasteiger partial charge in [-0.15, -0.1) is 5.10 Å². The molecule has 0 saturated carbocycles. The zero-order valence-corrected chi connectivity index (χ0v) is 19.5. The van der Waals surface area contributed by atoms with Crippen molar-refractivity contribution in [3.8, 4) is 5.75 Å². The Kier molecular flexibility index (Phi) is 6.82. The number of pyridine rings is 1. The van der Waals surface area contributed by atoms with E-state index in [-0.39, 0.29) is 17.5 Å². The van der Waals surface area contributed by atoms with E-state index in [0.717, 1.165) is 30.4 Å². The normalized spacial score (nSPS) is 15.8. The highest BCUT2D eigenvalue weighted by atomic mass is 19.1. The minimum absolute atomic E-state index is 0.100. The number of hydrogen-bond acceptors (Lipinski definition) is 7. The zero-order chi connectivity index (χ0) is 24.2. The van der Waals surface area contributed by atoms with Crippen molar-refractivity contribution in [2.24, 2.45) is 0 Å². The van der Waals surface area contributed by atoms with Crippen molar-refractivity contribution in [3.63, 3.8) is 0 Å². The molecule has 1 N–H and O–H groups in total. The Bertz CT molecular complexity index is 1350. The van der Waals surface area contributed by atoms with Gasteiger partial charge in [-0.3, -0.25) is 9.69 Å². The van der Waals surface area contributed by atoms with Gasteiger partial charge in [0.1, 0.15) is 11.6 Å². The Hall–Kier alpha value is -3.63. The van der Waals surface area contributed by atoms with Gasteiger partial charge in [-0.25, -0.2) is 9.07 Å². The highest BCUT2D eigenvalue weighted by Gasteiger charge is 2.21. The van der Waals surface area contributed by atoms with Crippen LogP contribution in [0.15, 0.2) is 53.3 Å². The summed E-state index contributed by atoms with van der Waals surface area (Å²) in [6.45, 7) is 2.62. The van der Waals surface area contributed by atoms with Crippen LogP contribution in [0.25, 0.3) is 10.9 Å². The van der Waals surface area contributed by atoms with Crippen LogP contribution in [0.3, 0.4) is 0 Å². The molecule has 1 atom stereocenters. The first kappa shape index (κ1) is 23.1. The minimum atomic E-state index is -0.290. The lowest BCUT2D eigenvalue weighted by atomic mass is 10.1. The van der Waals surface area contributed by atoms with Crippen LogP contribution in [0.5, 0.6) is 5.75 Å². The number of aromatic nitrogens is 5. The Labute approximate surface area is 201 Å². The summed E-state index contributed by atoms with van der Waals surface area (Å²) in [6, 6.07) is 13.8. The Balaban J connectivity index is 1.42. The monoisotopic (exact) mass is 478 g/mol. The van der Waals surface area contributed by atoms with Gasteiger partial charge < -0.3 is 14.5 Å². The molecular formula is C25H27FN6O3. The Morgan fingerprint density at radius 2 is 2.03 bits per heavy atom. The second-order valence-corrected chi connectivity index (χ2v) is 8.76. The highest BCUT2D eigenvalue weighted by Crippen LogP contribution is 2.20. The number of H-pyrrole nitrogens is 1. The minimum Gasteiger partial charge on any atom is -0.497 e. The molecule has 0 aliphatic carbocycles. The molecule has 3 heterocycles. The van der Waals surface area contributed by atoms with Crippen LogP contribution in [-0.2, 0) is 30.9 Å². The van der Waals surface area contributed by atoms with E-state index in [4.69, 9.17) is 9.47 Å². The van der Waals surface area contributed by atoms with Crippen molar-refractivity contribution >= 4 is 10.9 Å². The molecular weight excluding hydrogens is 451 g/mol. The van der Waals surface area contributed by atoms with Crippen molar-refractivity contribution in [2.45, 2.75) is 45.1 Å². The van der Waals surface area contributed by atoms with Gasteiger partial charge in [0.25, 0.3) is 5.56 Å². The second kappa shape index (κ2) is 10.3. The molecule has 1 unspecified atom stereocenters. The van der Waals surface area contributed by atoms with Gasteiger partial charge in [-0.2, -0.15) is 0 Å². The first-order valence-electron chi connectivity index (χ1n) is 11.6. The van der Waals surface area contributed by atoms with Crippen LogP contribution in [0.1, 0.15) is 29.8 Å². The van der Waals surface area contributed by atoms with Gasteiger partial charge in [-0.05, 0) is 64.5 Å². The third-order valence-electron chi connectivity index (χ3n) is 6.22. The maximum Gasteiger partial charge on any atom is 0.252 e. The fourth-order valence-electron chi connectivity index (χ4n) is 4.39. The standard InChI is InChI=1S/C25H27FN6O3/c1-34-21-9-6-18-11-19(25(33)27-23(18)12-21)14-31(13-17-4-7-20(26)8-5-17)16-24-28-29-30-32(24)15-22-3-2-10-35-22/h4-9,11-12,22H,2-3,10,13-16H2,1H3,(H,27,33). The van der Waals surface area contributed by atoms with E-state index in [1.807, 2.05) is 18.2 Å².